The van der Waals surface area contributed by atoms with E-state index in [0.717, 1.165) is 31.6 Å². The van der Waals surface area contributed by atoms with E-state index in [9.17, 15) is 0 Å². The fraction of sp³-hybridized carbons (Fsp3) is 0.556. The van der Waals surface area contributed by atoms with Gasteiger partial charge in [-0.05, 0) is 12.8 Å². The second-order valence-corrected chi connectivity index (χ2v) is 3.44. The Bertz CT molecular complexity index is 254. The van der Waals surface area contributed by atoms with Gasteiger partial charge in [-0.3, -0.25) is 15.8 Å². The fourth-order valence-electron chi connectivity index (χ4n) is 1.72. The van der Waals surface area contributed by atoms with Crippen LogP contribution < -0.4 is 5.84 Å². The Hall–Kier alpha value is -1.00. The lowest BCUT2D eigenvalue weighted by Gasteiger charge is -2.27. The molecule has 0 radical (unpaired) electrons. The molecule has 1 aliphatic heterocycles. The third-order valence-electron chi connectivity index (χ3n) is 2.53. The number of nitrogens with zero attached hydrogens (tertiary/aromatic N) is 3. The highest BCUT2D eigenvalue weighted by Crippen LogP contribution is 2.24. The maximum atomic E-state index is 5.67. The highest BCUT2D eigenvalue weighted by atomic mass is 15.4. The lowest BCUT2D eigenvalue weighted by atomic mass is 9.95. The number of hydrogen-bond donors (Lipinski definition) is 1. The Morgan fingerprint density at radius 3 is 2.69 bits per heavy atom. The molecular formula is C9H14N4. The molecule has 4 heteroatoms. The van der Waals surface area contributed by atoms with Crippen LogP contribution in [0, 0.1) is 0 Å². The second-order valence-electron chi connectivity index (χ2n) is 3.44. The zero-order valence-electron chi connectivity index (χ0n) is 7.56. The largest absolute Gasteiger partial charge is 0.269 e. The highest BCUT2D eigenvalue weighted by Gasteiger charge is 2.19. The first kappa shape index (κ1) is 8.59. The van der Waals surface area contributed by atoms with Crippen LogP contribution in [0.25, 0.3) is 0 Å². The number of rotatable bonds is 1. The van der Waals surface area contributed by atoms with E-state index in [1.807, 2.05) is 11.2 Å². The molecule has 2 rings (SSSR count). The van der Waals surface area contributed by atoms with Crippen LogP contribution in [0.4, 0.5) is 0 Å². The summed E-state index contributed by atoms with van der Waals surface area (Å²) in [5, 5.41) is 1.87. The standard InChI is InChI=1S/C9H14N4/c10-13-5-1-8(2-6-13)9-7-11-3-4-12-9/h3-4,7-8H,1-2,5-6,10H2. The average Bonchev–Trinajstić information content (AvgIpc) is 2.20. The number of hydrazine groups is 1. The van der Waals surface area contributed by atoms with Gasteiger partial charge in [0, 0.05) is 37.6 Å². The Kier molecular flexibility index (Phi) is 2.52. The van der Waals surface area contributed by atoms with E-state index < -0.39 is 0 Å². The SMILES string of the molecule is NN1CCC(c2cnccn2)CC1. The summed E-state index contributed by atoms with van der Waals surface area (Å²) in [5.41, 5.74) is 1.11. The van der Waals surface area contributed by atoms with Crippen molar-refractivity contribution in [3.63, 3.8) is 0 Å². The van der Waals surface area contributed by atoms with Gasteiger partial charge in [0.05, 0.1) is 5.69 Å². The predicted molar refractivity (Wildman–Crippen MR) is 49.8 cm³/mol. The third-order valence-corrected chi connectivity index (χ3v) is 2.53. The van der Waals surface area contributed by atoms with E-state index in [1.54, 1.807) is 12.4 Å². The topological polar surface area (TPSA) is 55.0 Å². The van der Waals surface area contributed by atoms with Crippen molar-refractivity contribution in [3.05, 3.63) is 24.3 Å². The third kappa shape index (κ3) is 2.02. The predicted octanol–water partition coefficient (Wildman–Crippen LogP) is 0.530. The van der Waals surface area contributed by atoms with Crippen LogP contribution in [-0.4, -0.2) is 28.1 Å². The van der Waals surface area contributed by atoms with Crippen LogP contribution in [0.1, 0.15) is 24.5 Å². The van der Waals surface area contributed by atoms with Crippen LogP contribution in [0.5, 0.6) is 0 Å². The number of hydrogen-bond acceptors (Lipinski definition) is 4. The van der Waals surface area contributed by atoms with Crippen molar-refractivity contribution in [2.75, 3.05) is 13.1 Å². The molecule has 0 aliphatic carbocycles. The summed E-state index contributed by atoms with van der Waals surface area (Å²) in [6, 6.07) is 0. The van der Waals surface area contributed by atoms with Crippen molar-refractivity contribution in [2.24, 2.45) is 5.84 Å². The maximum absolute atomic E-state index is 5.67. The summed E-state index contributed by atoms with van der Waals surface area (Å²) < 4.78 is 0. The molecule has 0 aromatic carbocycles. The first-order chi connectivity index (χ1) is 6.36. The maximum Gasteiger partial charge on any atom is 0.0618 e. The van der Waals surface area contributed by atoms with E-state index >= 15 is 0 Å². The number of nitrogens with two attached hydrogens (primary N) is 1. The van der Waals surface area contributed by atoms with Crippen molar-refractivity contribution >= 4 is 0 Å². The normalized spacial score (nSPS) is 20.4. The first-order valence-electron chi connectivity index (χ1n) is 4.62. The van der Waals surface area contributed by atoms with Crippen molar-refractivity contribution in [1.29, 1.82) is 0 Å². The Morgan fingerprint density at radius 2 is 2.08 bits per heavy atom. The molecule has 0 saturated carbocycles. The minimum Gasteiger partial charge on any atom is -0.269 e. The minimum absolute atomic E-state index is 0.550. The Balaban J connectivity index is 2.03. The Morgan fingerprint density at radius 1 is 1.31 bits per heavy atom. The molecule has 2 heterocycles. The summed E-state index contributed by atoms with van der Waals surface area (Å²) in [5.74, 6) is 6.22. The van der Waals surface area contributed by atoms with Crippen LogP contribution in [0.15, 0.2) is 18.6 Å². The molecule has 0 unspecified atom stereocenters. The summed E-state index contributed by atoms with van der Waals surface area (Å²) in [6.07, 6.45) is 7.51. The van der Waals surface area contributed by atoms with Gasteiger partial charge >= 0.3 is 0 Å². The smallest absolute Gasteiger partial charge is 0.0618 e. The summed E-state index contributed by atoms with van der Waals surface area (Å²) in [6.45, 7) is 1.92. The number of piperidine rings is 1. The van der Waals surface area contributed by atoms with Crippen molar-refractivity contribution in [2.45, 2.75) is 18.8 Å². The van der Waals surface area contributed by atoms with E-state index in [0.29, 0.717) is 5.92 Å². The van der Waals surface area contributed by atoms with Gasteiger partial charge in [-0.1, -0.05) is 0 Å². The molecule has 0 atom stereocenters. The van der Waals surface area contributed by atoms with Crippen molar-refractivity contribution < 1.29 is 0 Å². The van der Waals surface area contributed by atoms with Gasteiger partial charge in [-0.25, -0.2) is 5.01 Å². The van der Waals surface area contributed by atoms with E-state index in [1.165, 1.54) is 0 Å². The van der Waals surface area contributed by atoms with Crippen LogP contribution >= 0.6 is 0 Å². The van der Waals surface area contributed by atoms with Gasteiger partial charge in [0.1, 0.15) is 0 Å². The molecular weight excluding hydrogens is 164 g/mol. The molecule has 1 aliphatic rings. The fourth-order valence-corrected chi connectivity index (χ4v) is 1.72. The summed E-state index contributed by atoms with van der Waals surface area (Å²) in [7, 11) is 0. The molecule has 1 aromatic rings. The van der Waals surface area contributed by atoms with Crippen LogP contribution in [-0.2, 0) is 0 Å². The Labute approximate surface area is 77.8 Å². The lowest BCUT2D eigenvalue weighted by molar-refractivity contribution is 0.216. The molecule has 1 aromatic heterocycles. The molecule has 0 amide bonds. The number of aromatic nitrogens is 2. The van der Waals surface area contributed by atoms with Crippen molar-refractivity contribution in [1.82, 2.24) is 15.0 Å². The van der Waals surface area contributed by atoms with E-state index in [4.69, 9.17) is 5.84 Å². The van der Waals surface area contributed by atoms with Crippen LogP contribution in [0.2, 0.25) is 0 Å². The van der Waals surface area contributed by atoms with E-state index in [-0.39, 0.29) is 0 Å². The van der Waals surface area contributed by atoms with E-state index in [2.05, 4.69) is 9.97 Å². The molecule has 4 nitrogen and oxygen atoms in total. The lowest BCUT2D eigenvalue weighted by Crippen LogP contribution is -2.38. The van der Waals surface area contributed by atoms with Gasteiger partial charge in [-0.2, -0.15) is 0 Å². The monoisotopic (exact) mass is 178 g/mol. The molecule has 13 heavy (non-hydrogen) atoms. The molecule has 1 fully saturated rings. The zero-order chi connectivity index (χ0) is 9.10. The molecule has 0 bridgehead atoms. The molecule has 70 valence electrons. The average molecular weight is 178 g/mol. The van der Waals surface area contributed by atoms with Gasteiger partial charge in [0.25, 0.3) is 0 Å². The van der Waals surface area contributed by atoms with Crippen LogP contribution in [0.3, 0.4) is 0 Å². The molecule has 1 saturated heterocycles. The molecule has 0 spiro atoms. The van der Waals surface area contributed by atoms with Gasteiger partial charge < -0.3 is 0 Å². The van der Waals surface area contributed by atoms with Gasteiger partial charge in [0.2, 0.25) is 0 Å². The minimum atomic E-state index is 0.550. The summed E-state index contributed by atoms with van der Waals surface area (Å²) in [4.78, 5) is 8.38. The first-order valence-corrected chi connectivity index (χ1v) is 4.62. The highest BCUT2D eigenvalue weighted by molar-refractivity contribution is 5.04. The quantitative estimate of drug-likeness (QED) is 0.637. The van der Waals surface area contributed by atoms with Gasteiger partial charge in [0.15, 0.2) is 0 Å². The van der Waals surface area contributed by atoms with Gasteiger partial charge in [-0.15, -0.1) is 0 Å². The van der Waals surface area contributed by atoms with Crippen molar-refractivity contribution in [3.8, 4) is 0 Å². The molecule has 2 N–H and O–H groups in total. The summed E-state index contributed by atoms with van der Waals surface area (Å²) >= 11 is 0. The second kappa shape index (κ2) is 3.81. The zero-order valence-corrected chi connectivity index (χ0v) is 7.56.